The van der Waals surface area contributed by atoms with Gasteiger partial charge in [-0.2, -0.15) is 0 Å². The second-order valence-corrected chi connectivity index (χ2v) is 2.43. The van der Waals surface area contributed by atoms with Crippen LogP contribution in [0.2, 0.25) is 0 Å². The van der Waals surface area contributed by atoms with Crippen LogP contribution in [0.3, 0.4) is 0 Å². The summed E-state index contributed by atoms with van der Waals surface area (Å²) in [5.74, 6) is 0.298. The van der Waals surface area contributed by atoms with E-state index in [9.17, 15) is 4.79 Å². The summed E-state index contributed by atoms with van der Waals surface area (Å²) in [6.45, 7) is -0.508. The molecule has 4 heteroatoms. The zero-order valence-corrected chi connectivity index (χ0v) is 7.28. The van der Waals surface area contributed by atoms with E-state index in [1.165, 1.54) is 0 Å². The van der Waals surface area contributed by atoms with Crippen molar-refractivity contribution in [3.63, 3.8) is 0 Å². The number of aliphatic hydroxyl groups excluding tert-OH is 1. The lowest BCUT2D eigenvalue weighted by molar-refractivity contribution is -0.118. The Morgan fingerprint density at radius 3 is 2.54 bits per heavy atom. The third-order valence-electron chi connectivity index (χ3n) is 1.52. The van der Waals surface area contributed by atoms with Gasteiger partial charge >= 0.3 is 0 Å². The number of hydrogen-bond acceptors (Lipinski definition) is 3. The summed E-state index contributed by atoms with van der Waals surface area (Å²) in [6, 6.07) is 6.86. The van der Waals surface area contributed by atoms with Crippen molar-refractivity contribution in [2.24, 2.45) is 0 Å². The van der Waals surface area contributed by atoms with Crippen LogP contribution in [-0.2, 0) is 4.79 Å². The maximum atomic E-state index is 10.7. The summed E-state index contributed by atoms with van der Waals surface area (Å²) in [5.41, 5.74) is 0.639. The average Bonchev–Trinajstić information content (AvgIpc) is 2.19. The lowest BCUT2D eigenvalue weighted by Gasteiger charge is -2.03. The Labute approximate surface area is 76.1 Å². The molecule has 0 aliphatic heterocycles. The molecule has 13 heavy (non-hydrogen) atoms. The molecule has 0 spiro atoms. The van der Waals surface area contributed by atoms with Crippen molar-refractivity contribution in [3.8, 4) is 5.75 Å². The van der Waals surface area contributed by atoms with Crippen LogP contribution in [0.25, 0.3) is 0 Å². The van der Waals surface area contributed by atoms with Crippen LogP contribution in [0.15, 0.2) is 24.3 Å². The Kier molecular flexibility index (Phi) is 3.28. The lowest BCUT2D eigenvalue weighted by Crippen LogP contribution is -2.15. The maximum Gasteiger partial charge on any atom is 0.250 e. The fourth-order valence-corrected chi connectivity index (χ4v) is 0.875. The van der Waals surface area contributed by atoms with Crippen LogP contribution < -0.4 is 10.1 Å². The fraction of sp³-hybridized carbons (Fsp3) is 0.222. The van der Waals surface area contributed by atoms with Crippen LogP contribution in [0, 0.1) is 0 Å². The summed E-state index contributed by atoms with van der Waals surface area (Å²) in [7, 11) is 1.57. The molecule has 0 unspecified atom stereocenters. The number of aliphatic hydroxyl groups is 1. The molecule has 1 rings (SSSR count). The Morgan fingerprint density at radius 1 is 1.46 bits per heavy atom. The molecule has 0 aromatic heterocycles. The second-order valence-electron chi connectivity index (χ2n) is 2.43. The number of hydrogen-bond donors (Lipinski definition) is 2. The number of ether oxygens (including phenoxy) is 1. The SMILES string of the molecule is COc1ccc(NC(=O)CO)cc1. The summed E-state index contributed by atoms with van der Waals surface area (Å²) in [5, 5.41) is 11.0. The van der Waals surface area contributed by atoms with Crippen molar-refractivity contribution in [1.29, 1.82) is 0 Å². The van der Waals surface area contributed by atoms with Gasteiger partial charge < -0.3 is 15.2 Å². The van der Waals surface area contributed by atoms with Gasteiger partial charge in [-0.3, -0.25) is 4.79 Å². The molecule has 0 aliphatic rings. The molecule has 0 bridgehead atoms. The van der Waals surface area contributed by atoms with Crippen LogP contribution in [-0.4, -0.2) is 24.7 Å². The number of anilines is 1. The number of methoxy groups -OCH3 is 1. The predicted molar refractivity (Wildman–Crippen MR) is 48.7 cm³/mol. The van der Waals surface area contributed by atoms with E-state index < -0.39 is 12.5 Å². The van der Waals surface area contributed by atoms with E-state index in [2.05, 4.69) is 5.32 Å². The maximum absolute atomic E-state index is 10.7. The van der Waals surface area contributed by atoms with Crippen LogP contribution in [0.1, 0.15) is 0 Å². The summed E-state index contributed by atoms with van der Waals surface area (Å²) < 4.78 is 4.94. The first-order valence-electron chi connectivity index (χ1n) is 3.81. The van der Waals surface area contributed by atoms with E-state index in [1.807, 2.05) is 0 Å². The van der Waals surface area contributed by atoms with Gasteiger partial charge in [0.25, 0.3) is 0 Å². The largest absolute Gasteiger partial charge is 0.497 e. The summed E-state index contributed by atoms with van der Waals surface area (Å²) >= 11 is 0. The molecule has 0 saturated heterocycles. The zero-order valence-electron chi connectivity index (χ0n) is 7.28. The van der Waals surface area contributed by atoms with Crippen molar-refractivity contribution in [3.05, 3.63) is 24.3 Å². The molecule has 1 aromatic carbocycles. The highest BCUT2D eigenvalue weighted by Gasteiger charge is 1.98. The fourth-order valence-electron chi connectivity index (χ4n) is 0.875. The minimum Gasteiger partial charge on any atom is -0.497 e. The zero-order chi connectivity index (χ0) is 9.68. The molecule has 4 nitrogen and oxygen atoms in total. The van der Waals surface area contributed by atoms with Crippen LogP contribution in [0.5, 0.6) is 5.75 Å². The minimum atomic E-state index is -0.508. The minimum absolute atomic E-state index is 0.426. The van der Waals surface area contributed by atoms with Crippen molar-refractivity contribution in [2.75, 3.05) is 19.0 Å². The molecule has 70 valence electrons. The number of benzene rings is 1. The predicted octanol–water partition coefficient (Wildman–Crippen LogP) is 0.626. The monoisotopic (exact) mass is 181 g/mol. The van der Waals surface area contributed by atoms with Crippen molar-refractivity contribution in [2.45, 2.75) is 0 Å². The molecular formula is C9H11NO3. The number of carbonyl (C=O) groups excluding carboxylic acids is 1. The Balaban J connectivity index is 2.64. The lowest BCUT2D eigenvalue weighted by atomic mass is 10.3. The van der Waals surface area contributed by atoms with Gasteiger partial charge in [0.05, 0.1) is 7.11 Å². The van der Waals surface area contributed by atoms with Gasteiger partial charge in [0.2, 0.25) is 5.91 Å². The highest BCUT2D eigenvalue weighted by molar-refractivity contribution is 5.91. The quantitative estimate of drug-likeness (QED) is 0.718. The molecule has 0 saturated carbocycles. The summed E-state index contributed by atoms with van der Waals surface area (Å²) in [4.78, 5) is 10.7. The molecule has 1 aromatic rings. The van der Waals surface area contributed by atoms with Crippen molar-refractivity contribution in [1.82, 2.24) is 0 Å². The Morgan fingerprint density at radius 2 is 2.08 bits per heavy atom. The number of rotatable bonds is 3. The Hall–Kier alpha value is -1.55. The number of amides is 1. The first-order valence-corrected chi connectivity index (χ1v) is 3.81. The van der Waals surface area contributed by atoms with E-state index in [1.54, 1.807) is 31.4 Å². The van der Waals surface area contributed by atoms with Gasteiger partial charge in [-0.05, 0) is 24.3 Å². The molecule has 0 fully saturated rings. The Bertz CT molecular complexity index is 281. The second kappa shape index (κ2) is 4.47. The van der Waals surface area contributed by atoms with E-state index in [0.717, 1.165) is 5.75 Å². The highest BCUT2D eigenvalue weighted by Crippen LogP contribution is 2.14. The van der Waals surface area contributed by atoms with Gasteiger partial charge in [0.15, 0.2) is 0 Å². The van der Waals surface area contributed by atoms with Gasteiger partial charge in [-0.15, -0.1) is 0 Å². The standard InChI is InChI=1S/C9H11NO3/c1-13-8-4-2-7(3-5-8)10-9(12)6-11/h2-5,11H,6H2,1H3,(H,10,12). The molecular weight excluding hydrogens is 170 g/mol. The molecule has 1 amide bonds. The molecule has 0 heterocycles. The first kappa shape index (κ1) is 9.54. The molecule has 2 N–H and O–H groups in total. The van der Waals surface area contributed by atoms with E-state index >= 15 is 0 Å². The topological polar surface area (TPSA) is 58.6 Å². The average molecular weight is 181 g/mol. The van der Waals surface area contributed by atoms with Gasteiger partial charge in [-0.25, -0.2) is 0 Å². The number of nitrogens with one attached hydrogen (secondary N) is 1. The van der Waals surface area contributed by atoms with Crippen LogP contribution in [0.4, 0.5) is 5.69 Å². The van der Waals surface area contributed by atoms with E-state index in [4.69, 9.17) is 9.84 Å². The van der Waals surface area contributed by atoms with Gasteiger partial charge in [-0.1, -0.05) is 0 Å². The van der Waals surface area contributed by atoms with E-state index in [-0.39, 0.29) is 0 Å². The molecule has 0 atom stereocenters. The van der Waals surface area contributed by atoms with Gasteiger partial charge in [0.1, 0.15) is 12.4 Å². The van der Waals surface area contributed by atoms with E-state index in [0.29, 0.717) is 5.69 Å². The highest BCUT2D eigenvalue weighted by atomic mass is 16.5. The normalized spacial score (nSPS) is 9.38. The number of carbonyl (C=O) groups is 1. The third kappa shape index (κ3) is 2.76. The van der Waals surface area contributed by atoms with Crippen molar-refractivity contribution >= 4 is 11.6 Å². The first-order chi connectivity index (χ1) is 6.26. The molecule has 0 radical (unpaired) electrons. The smallest absolute Gasteiger partial charge is 0.250 e. The summed E-state index contributed by atoms with van der Waals surface area (Å²) in [6.07, 6.45) is 0. The van der Waals surface area contributed by atoms with Gasteiger partial charge in [0, 0.05) is 5.69 Å². The third-order valence-corrected chi connectivity index (χ3v) is 1.52. The van der Waals surface area contributed by atoms with Crippen molar-refractivity contribution < 1.29 is 14.6 Å². The molecule has 0 aliphatic carbocycles. The van der Waals surface area contributed by atoms with Crippen LogP contribution >= 0.6 is 0 Å².